The molecule has 0 N–H and O–H groups in total. The quantitative estimate of drug-likeness (QED) is 0.634. The van der Waals surface area contributed by atoms with Crippen LogP contribution < -0.4 is 0 Å². The van der Waals surface area contributed by atoms with Gasteiger partial charge in [-0.3, -0.25) is 0 Å². The second kappa shape index (κ2) is 6.42. The van der Waals surface area contributed by atoms with Gasteiger partial charge in [-0.2, -0.15) is 0 Å². The van der Waals surface area contributed by atoms with Crippen LogP contribution in [0.2, 0.25) is 0 Å². The second-order valence-electron chi connectivity index (χ2n) is 4.54. The monoisotopic (exact) mass is 184 g/mol. The normalized spacial score (nSPS) is 21.7. The van der Waals surface area contributed by atoms with E-state index in [9.17, 15) is 0 Å². The Labute approximate surface area is 82.9 Å². The molecule has 1 heteroatoms. The van der Waals surface area contributed by atoms with Crippen LogP contribution in [0.4, 0.5) is 0 Å². The summed E-state index contributed by atoms with van der Waals surface area (Å²) in [6, 6.07) is 0. The SMILES string of the molecule is CCCCC(C)CC1CCOCC1. The van der Waals surface area contributed by atoms with Crippen LogP contribution in [0.15, 0.2) is 0 Å². The Kier molecular flexibility index (Phi) is 5.45. The smallest absolute Gasteiger partial charge is 0.0468 e. The van der Waals surface area contributed by atoms with E-state index in [-0.39, 0.29) is 0 Å². The third kappa shape index (κ3) is 4.66. The Morgan fingerprint density at radius 2 is 2.00 bits per heavy atom. The molecule has 0 amide bonds. The second-order valence-corrected chi connectivity index (χ2v) is 4.54. The van der Waals surface area contributed by atoms with E-state index in [1.165, 1.54) is 38.5 Å². The molecule has 1 rings (SSSR count). The molecule has 0 spiro atoms. The van der Waals surface area contributed by atoms with Gasteiger partial charge in [-0.15, -0.1) is 0 Å². The lowest BCUT2D eigenvalue weighted by atomic mass is 9.87. The predicted octanol–water partition coefficient (Wildman–Crippen LogP) is 3.63. The molecule has 13 heavy (non-hydrogen) atoms. The molecule has 0 aliphatic carbocycles. The van der Waals surface area contributed by atoms with Gasteiger partial charge in [0.25, 0.3) is 0 Å². The summed E-state index contributed by atoms with van der Waals surface area (Å²) in [4.78, 5) is 0. The molecule has 0 radical (unpaired) electrons. The highest BCUT2D eigenvalue weighted by molar-refractivity contribution is 4.66. The highest BCUT2D eigenvalue weighted by Crippen LogP contribution is 2.25. The molecule has 1 atom stereocenters. The Morgan fingerprint density at radius 3 is 2.62 bits per heavy atom. The van der Waals surface area contributed by atoms with Gasteiger partial charge in [0.1, 0.15) is 0 Å². The number of rotatable bonds is 5. The zero-order chi connectivity index (χ0) is 9.52. The average Bonchev–Trinajstić information content (AvgIpc) is 2.16. The van der Waals surface area contributed by atoms with Gasteiger partial charge >= 0.3 is 0 Å². The molecular weight excluding hydrogens is 160 g/mol. The number of hydrogen-bond acceptors (Lipinski definition) is 1. The first-order valence-electron chi connectivity index (χ1n) is 5.90. The lowest BCUT2D eigenvalue weighted by molar-refractivity contribution is 0.0589. The van der Waals surface area contributed by atoms with Crippen molar-refractivity contribution in [3.8, 4) is 0 Å². The van der Waals surface area contributed by atoms with Crippen LogP contribution in [0.3, 0.4) is 0 Å². The van der Waals surface area contributed by atoms with Crippen molar-refractivity contribution in [2.75, 3.05) is 13.2 Å². The summed E-state index contributed by atoms with van der Waals surface area (Å²) in [6.07, 6.45) is 8.21. The van der Waals surface area contributed by atoms with Crippen LogP contribution in [-0.4, -0.2) is 13.2 Å². The minimum atomic E-state index is 0.933. The molecule has 0 aromatic carbocycles. The number of ether oxygens (including phenoxy) is 1. The summed E-state index contributed by atoms with van der Waals surface area (Å²) in [5, 5.41) is 0. The standard InChI is InChI=1S/C12H24O/c1-3-4-5-11(2)10-12-6-8-13-9-7-12/h11-12H,3-10H2,1-2H3. The van der Waals surface area contributed by atoms with E-state index in [0.29, 0.717) is 0 Å². The Morgan fingerprint density at radius 1 is 1.31 bits per heavy atom. The molecule has 1 fully saturated rings. The molecule has 1 heterocycles. The van der Waals surface area contributed by atoms with E-state index in [1.807, 2.05) is 0 Å². The molecule has 0 aromatic heterocycles. The molecule has 0 bridgehead atoms. The van der Waals surface area contributed by atoms with Gasteiger partial charge in [-0.25, -0.2) is 0 Å². The molecule has 1 unspecified atom stereocenters. The van der Waals surface area contributed by atoms with E-state index in [0.717, 1.165) is 25.0 Å². The third-order valence-corrected chi connectivity index (χ3v) is 3.13. The summed E-state index contributed by atoms with van der Waals surface area (Å²) < 4.78 is 5.36. The minimum Gasteiger partial charge on any atom is -0.381 e. The van der Waals surface area contributed by atoms with Gasteiger partial charge in [0.2, 0.25) is 0 Å². The summed E-state index contributed by atoms with van der Waals surface area (Å²) in [6.45, 7) is 6.70. The minimum absolute atomic E-state index is 0.933. The van der Waals surface area contributed by atoms with Crippen molar-refractivity contribution in [1.82, 2.24) is 0 Å². The Hall–Kier alpha value is -0.0400. The van der Waals surface area contributed by atoms with Gasteiger partial charge in [-0.1, -0.05) is 33.1 Å². The fourth-order valence-corrected chi connectivity index (χ4v) is 2.22. The van der Waals surface area contributed by atoms with Crippen LogP contribution in [0.5, 0.6) is 0 Å². The van der Waals surface area contributed by atoms with Gasteiger partial charge in [-0.05, 0) is 31.1 Å². The predicted molar refractivity (Wildman–Crippen MR) is 56.8 cm³/mol. The lowest BCUT2D eigenvalue weighted by Gasteiger charge is -2.24. The van der Waals surface area contributed by atoms with E-state index in [1.54, 1.807) is 0 Å². The van der Waals surface area contributed by atoms with Gasteiger partial charge < -0.3 is 4.74 Å². The zero-order valence-electron chi connectivity index (χ0n) is 9.22. The first-order valence-corrected chi connectivity index (χ1v) is 5.90. The molecule has 1 aliphatic rings. The lowest BCUT2D eigenvalue weighted by Crippen LogP contribution is -2.17. The van der Waals surface area contributed by atoms with Gasteiger partial charge in [0, 0.05) is 13.2 Å². The highest BCUT2D eigenvalue weighted by atomic mass is 16.5. The van der Waals surface area contributed by atoms with Gasteiger partial charge in [0.15, 0.2) is 0 Å². The molecule has 1 aliphatic heterocycles. The largest absolute Gasteiger partial charge is 0.381 e. The molecular formula is C12H24O. The maximum absolute atomic E-state index is 5.36. The molecule has 1 nitrogen and oxygen atoms in total. The Bertz CT molecular complexity index is 116. The van der Waals surface area contributed by atoms with Crippen LogP contribution >= 0.6 is 0 Å². The van der Waals surface area contributed by atoms with Crippen molar-refractivity contribution in [3.63, 3.8) is 0 Å². The van der Waals surface area contributed by atoms with E-state index in [2.05, 4.69) is 13.8 Å². The summed E-state index contributed by atoms with van der Waals surface area (Å²) >= 11 is 0. The maximum Gasteiger partial charge on any atom is 0.0468 e. The van der Waals surface area contributed by atoms with Crippen LogP contribution in [0.25, 0.3) is 0 Å². The fraction of sp³-hybridized carbons (Fsp3) is 1.00. The molecule has 0 saturated carbocycles. The third-order valence-electron chi connectivity index (χ3n) is 3.13. The van der Waals surface area contributed by atoms with E-state index < -0.39 is 0 Å². The van der Waals surface area contributed by atoms with E-state index >= 15 is 0 Å². The van der Waals surface area contributed by atoms with Crippen molar-refractivity contribution in [2.24, 2.45) is 11.8 Å². The van der Waals surface area contributed by atoms with Crippen molar-refractivity contribution in [2.45, 2.75) is 52.4 Å². The summed E-state index contributed by atoms with van der Waals surface area (Å²) in [5.41, 5.74) is 0. The zero-order valence-corrected chi connectivity index (χ0v) is 9.22. The number of hydrogen-bond donors (Lipinski definition) is 0. The first kappa shape index (κ1) is 11.0. The fourth-order valence-electron chi connectivity index (χ4n) is 2.22. The van der Waals surface area contributed by atoms with Crippen LogP contribution in [-0.2, 0) is 4.74 Å². The van der Waals surface area contributed by atoms with E-state index in [4.69, 9.17) is 4.74 Å². The summed E-state index contributed by atoms with van der Waals surface area (Å²) in [7, 11) is 0. The first-order chi connectivity index (χ1) is 6.33. The van der Waals surface area contributed by atoms with Crippen LogP contribution in [0.1, 0.15) is 52.4 Å². The topological polar surface area (TPSA) is 9.23 Å². The average molecular weight is 184 g/mol. The molecule has 78 valence electrons. The van der Waals surface area contributed by atoms with Crippen molar-refractivity contribution in [3.05, 3.63) is 0 Å². The summed E-state index contributed by atoms with van der Waals surface area (Å²) in [5.74, 6) is 1.89. The Balaban J connectivity index is 2.07. The maximum atomic E-state index is 5.36. The van der Waals surface area contributed by atoms with Crippen LogP contribution in [0, 0.1) is 11.8 Å². The van der Waals surface area contributed by atoms with Crippen molar-refractivity contribution in [1.29, 1.82) is 0 Å². The highest BCUT2D eigenvalue weighted by Gasteiger charge is 2.16. The van der Waals surface area contributed by atoms with Crippen molar-refractivity contribution < 1.29 is 4.74 Å². The van der Waals surface area contributed by atoms with Crippen molar-refractivity contribution >= 4 is 0 Å². The van der Waals surface area contributed by atoms with Gasteiger partial charge in [0.05, 0.1) is 0 Å². The molecule has 0 aromatic rings. The number of unbranched alkanes of at least 4 members (excludes halogenated alkanes) is 1. The molecule has 1 saturated heterocycles.